The SMILES string of the molecule is CCC12CCC(C(C)(CCC3OC3(C)C)OC(=O)c3c(Cl)cc(Cl)cc3Cl)CC1O2. The van der Waals surface area contributed by atoms with Crippen LogP contribution in [0.15, 0.2) is 12.1 Å². The Kier molecular flexibility index (Phi) is 5.90. The van der Waals surface area contributed by atoms with Gasteiger partial charge in [0.1, 0.15) is 5.60 Å². The molecule has 2 aliphatic heterocycles. The second kappa shape index (κ2) is 7.81. The van der Waals surface area contributed by atoms with Gasteiger partial charge in [-0.15, -0.1) is 0 Å². The van der Waals surface area contributed by atoms with Crippen molar-refractivity contribution in [1.29, 1.82) is 0 Å². The van der Waals surface area contributed by atoms with E-state index in [1.165, 1.54) is 12.1 Å². The van der Waals surface area contributed by atoms with E-state index in [0.717, 1.165) is 32.1 Å². The zero-order valence-corrected chi connectivity index (χ0v) is 20.2. The number of benzene rings is 1. The first-order valence-corrected chi connectivity index (χ1v) is 11.9. The minimum atomic E-state index is -0.655. The van der Waals surface area contributed by atoms with Crippen LogP contribution in [0, 0.1) is 5.92 Å². The second-order valence-electron chi connectivity index (χ2n) is 9.69. The zero-order valence-electron chi connectivity index (χ0n) is 17.9. The lowest BCUT2D eigenvalue weighted by Crippen LogP contribution is -2.43. The molecule has 3 fully saturated rings. The van der Waals surface area contributed by atoms with Crippen LogP contribution in [-0.2, 0) is 14.2 Å². The first kappa shape index (κ1) is 22.7. The monoisotopic (exact) mass is 474 g/mol. The fourth-order valence-electron chi connectivity index (χ4n) is 5.06. The van der Waals surface area contributed by atoms with Gasteiger partial charge in [0.15, 0.2) is 0 Å². The Balaban J connectivity index is 1.53. The van der Waals surface area contributed by atoms with Crippen LogP contribution in [0.25, 0.3) is 0 Å². The second-order valence-corrected chi connectivity index (χ2v) is 10.9. The van der Waals surface area contributed by atoms with Gasteiger partial charge in [-0.05, 0) is 71.4 Å². The largest absolute Gasteiger partial charge is 0.455 e. The molecular weight excluding hydrogens is 447 g/mol. The van der Waals surface area contributed by atoms with Crippen LogP contribution < -0.4 is 0 Å². The molecule has 1 aliphatic carbocycles. The van der Waals surface area contributed by atoms with Crippen molar-refractivity contribution in [1.82, 2.24) is 0 Å². The minimum Gasteiger partial charge on any atom is -0.455 e. The molecule has 0 aromatic heterocycles. The van der Waals surface area contributed by atoms with E-state index in [2.05, 4.69) is 20.8 Å². The molecule has 1 aromatic carbocycles. The number of rotatable bonds is 7. The molecule has 4 rings (SSSR count). The Morgan fingerprint density at radius 1 is 1.23 bits per heavy atom. The highest BCUT2D eigenvalue weighted by Gasteiger charge is 2.60. The van der Waals surface area contributed by atoms with Crippen LogP contribution in [0.1, 0.15) is 76.6 Å². The predicted octanol–water partition coefficient (Wildman–Crippen LogP) is 6.87. The van der Waals surface area contributed by atoms with Gasteiger partial charge in [0.25, 0.3) is 0 Å². The summed E-state index contributed by atoms with van der Waals surface area (Å²) in [4.78, 5) is 13.2. The molecule has 2 heterocycles. The summed E-state index contributed by atoms with van der Waals surface area (Å²) in [5.74, 6) is -0.301. The average Bonchev–Trinajstić information content (AvgIpc) is 3.52. The summed E-state index contributed by atoms with van der Waals surface area (Å²) < 4.78 is 18.0. The highest BCUT2D eigenvalue weighted by molar-refractivity contribution is 6.41. The van der Waals surface area contributed by atoms with E-state index in [-0.39, 0.29) is 44.9 Å². The molecule has 1 aromatic rings. The normalized spacial score (nSPS) is 33.4. The third-order valence-electron chi connectivity index (χ3n) is 7.39. The molecule has 2 saturated heterocycles. The lowest BCUT2D eigenvalue weighted by Gasteiger charge is -2.40. The number of hydrogen-bond donors (Lipinski definition) is 0. The number of hydrogen-bond acceptors (Lipinski definition) is 4. The highest BCUT2D eigenvalue weighted by Crippen LogP contribution is 2.55. The van der Waals surface area contributed by atoms with Gasteiger partial charge in [-0.1, -0.05) is 41.7 Å². The van der Waals surface area contributed by atoms with Crippen LogP contribution in [0.2, 0.25) is 15.1 Å². The van der Waals surface area contributed by atoms with E-state index in [0.29, 0.717) is 11.4 Å². The Labute approximate surface area is 193 Å². The summed E-state index contributed by atoms with van der Waals surface area (Å²) >= 11 is 18.6. The Hall–Kier alpha value is -0.520. The summed E-state index contributed by atoms with van der Waals surface area (Å²) in [5, 5.41) is 0.780. The van der Waals surface area contributed by atoms with Crippen molar-refractivity contribution in [3.63, 3.8) is 0 Å². The summed E-state index contributed by atoms with van der Waals surface area (Å²) in [6, 6.07) is 3.02. The summed E-state index contributed by atoms with van der Waals surface area (Å²) in [6.45, 7) is 8.38. The molecule has 0 radical (unpaired) electrons. The zero-order chi connectivity index (χ0) is 21.9. The number of carbonyl (C=O) groups is 1. The maximum Gasteiger partial charge on any atom is 0.341 e. The molecule has 5 atom stereocenters. The van der Waals surface area contributed by atoms with Gasteiger partial charge in [0, 0.05) is 10.9 Å². The van der Waals surface area contributed by atoms with E-state index in [4.69, 9.17) is 49.0 Å². The third kappa shape index (κ3) is 4.23. The smallest absolute Gasteiger partial charge is 0.341 e. The number of carbonyl (C=O) groups excluding carboxylic acids is 1. The van der Waals surface area contributed by atoms with Crippen molar-refractivity contribution in [2.24, 2.45) is 5.92 Å². The van der Waals surface area contributed by atoms with Gasteiger partial charge >= 0.3 is 5.97 Å². The van der Waals surface area contributed by atoms with Gasteiger partial charge in [-0.2, -0.15) is 0 Å². The van der Waals surface area contributed by atoms with E-state index in [1.54, 1.807) is 0 Å². The summed E-state index contributed by atoms with van der Waals surface area (Å²) in [7, 11) is 0. The van der Waals surface area contributed by atoms with E-state index in [1.807, 2.05) is 6.92 Å². The van der Waals surface area contributed by atoms with Gasteiger partial charge in [0.2, 0.25) is 0 Å². The third-order valence-corrected chi connectivity index (χ3v) is 8.20. The maximum atomic E-state index is 13.2. The average molecular weight is 476 g/mol. The Morgan fingerprint density at radius 3 is 2.40 bits per heavy atom. The van der Waals surface area contributed by atoms with Crippen LogP contribution in [0.4, 0.5) is 0 Å². The molecular formula is C23H29Cl3O4. The maximum absolute atomic E-state index is 13.2. The van der Waals surface area contributed by atoms with Crippen molar-refractivity contribution in [3.8, 4) is 0 Å². The molecule has 0 N–H and O–H groups in total. The molecule has 5 unspecified atom stereocenters. The standard InChI is InChI=1S/C23H29Cl3O4/c1-5-23-9-6-13(10-18(23)29-23)22(4,8-7-17-21(2,3)28-17)30-20(27)19-15(25)11-14(24)12-16(19)26/h11-13,17-18H,5-10H2,1-4H3. The Morgan fingerprint density at radius 2 is 1.87 bits per heavy atom. The van der Waals surface area contributed by atoms with Crippen LogP contribution in [0.5, 0.6) is 0 Å². The summed E-state index contributed by atoms with van der Waals surface area (Å²) in [5.41, 5.74) is -0.543. The number of halogens is 3. The molecule has 0 amide bonds. The molecule has 0 bridgehead atoms. The van der Waals surface area contributed by atoms with Gasteiger partial charge in [-0.3, -0.25) is 0 Å². The van der Waals surface area contributed by atoms with E-state index in [9.17, 15) is 4.79 Å². The van der Waals surface area contributed by atoms with Crippen molar-refractivity contribution < 1.29 is 19.0 Å². The first-order chi connectivity index (χ1) is 14.0. The van der Waals surface area contributed by atoms with Crippen molar-refractivity contribution in [2.75, 3.05) is 0 Å². The fraction of sp³-hybridized carbons (Fsp3) is 0.696. The lowest BCUT2D eigenvalue weighted by atomic mass is 9.71. The number of ether oxygens (including phenoxy) is 3. The molecule has 1 saturated carbocycles. The van der Waals surface area contributed by atoms with Crippen LogP contribution in [0.3, 0.4) is 0 Å². The van der Waals surface area contributed by atoms with Gasteiger partial charge in [-0.25, -0.2) is 4.79 Å². The first-order valence-electron chi connectivity index (χ1n) is 10.7. The number of epoxide rings is 2. The predicted molar refractivity (Wildman–Crippen MR) is 119 cm³/mol. The molecule has 30 heavy (non-hydrogen) atoms. The van der Waals surface area contributed by atoms with Crippen LogP contribution >= 0.6 is 34.8 Å². The Bertz CT molecular complexity index is 834. The molecule has 7 heteroatoms. The van der Waals surface area contributed by atoms with Gasteiger partial charge in [0.05, 0.1) is 39.0 Å². The molecule has 0 spiro atoms. The van der Waals surface area contributed by atoms with Crippen LogP contribution in [-0.4, -0.2) is 35.0 Å². The van der Waals surface area contributed by atoms with Crippen molar-refractivity contribution in [2.45, 2.75) is 95.2 Å². The summed E-state index contributed by atoms with van der Waals surface area (Å²) in [6.07, 6.45) is 5.89. The van der Waals surface area contributed by atoms with Gasteiger partial charge < -0.3 is 14.2 Å². The van der Waals surface area contributed by atoms with E-state index < -0.39 is 11.6 Å². The topological polar surface area (TPSA) is 51.4 Å². The highest BCUT2D eigenvalue weighted by atomic mass is 35.5. The molecule has 166 valence electrons. The molecule has 4 nitrogen and oxygen atoms in total. The lowest BCUT2D eigenvalue weighted by molar-refractivity contribution is -0.0558. The van der Waals surface area contributed by atoms with E-state index >= 15 is 0 Å². The fourth-order valence-corrected chi connectivity index (χ4v) is 6.04. The minimum absolute atomic E-state index is 0.0474. The molecule has 3 aliphatic rings. The number of fused-ring (bicyclic) bond motifs is 1. The quantitative estimate of drug-likeness (QED) is 0.319. The van der Waals surface area contributed by atoms with Crippen molar-refractivity contribution in [3.05, 3.63) is 32.8 Å². The van der Waals surface area contributed by atoms with Crippen molar-refractivity contribution >= 4 is 40.8 Å². The number of esters is 1.